The standard InChI is InChI=1S/C26H32N4O6S.3C26H30N4O6S/c4*1-17(2)14-20(29-26(33)23-15-18-8-3-4-10-22(18)36-23)25(32)28-19-9-7-13-30(16-21(19)31)37(34,35)24-11-5-6-12-27-24/h3-6,8,10-12,15,17,19-21,31H,7,9,13-14,16H2,1-2H3,(H,28,32)(H,29,33);3*3-6,8,10-12,15,17,19-20H,7,9,13-14,16H2,1-2H3,(H,28,32)(H,29,33)/t19?,20-,21?;19?,20-;19-,20+;19-,20-/m0010/s1/i;;2*16D2,19D. The van der Waals surface area contributed by atoms with Gasteiger partial charge >= 0.3 is 0 Å². The normalized spacial score (nSPS) is 20.7. The zero-order valence-corrected chi connectivity index (χ0v) is 85.7. The number of hydrogen-bond acceptors (Lipinski definition) is 28. The molecule has 40 nitrogen and oxygen atoms in total. The molecule has 4 aromatic carbocycles. The van der Waals surface area contributed by atoms with Gasteiger partial charge in [-0.1, -0.05) is 152 Å². The van der Waals surface area contributed by atoms with Crippen molar-refractivity contribution in [1.82, 2.24) is 79.7 Å². The maximum atomic E-state index is 13.4. The zero-order valence-electron chi connectivity index (χ0n) is 88.4. The van der Waals surface area contributed by atoms with E-state index in [1.54, 1.807) is 103 Å². The van der Waals surface area contributed by atoms with Crippen LogP contribution in [0, 0.1) is 23.7 Å². The third kappa shape index (κ3) is 29.3. The number of β-amino-alcohol motifs (C(OH)–C–C–N with tert-alkyl or cyclic N) is 1. The highest BCUT2D eigenvalue weighted by Gasteiger charge is 2.42. The first-order chi connectivity index (χ1) is 72.8. The van der Waals surface area contributed by atoms with E-state index in [2.05, 4.69) is 62.5 Å². The van der Waals surface area contributed by atoms with E-state index < -0.39 is 195 Å². The molecule has 4 aliphatic heterocycles. The monoisotopic (exact) mass is 2110 g/mol. The second-order valence-corrected chi connectivity index (χ2v) is 44.7. The van der Waals surface area contributed by atoms with Crippen molar-refractivity contribution in [2.45, 2.75) is 207 Å². The van der Waals surface area contributed by atoms with Gasteiger partial charge in [0.15, 0.2) is 60.5 Å². The lowest BCUT2D eigenvalue weighted by Gasteiger charge is -2.27. The van der Waals surface area contributed by atoms with Crippen LogP contribution in [0.15, 0.2) is 257 Å². The number of pyridine rings is 4. The molecule has 9 N–H and O–H groups in total. The van der Waals surface area contributed by atoms with Gasteiger partial charge in [-0.3, -0.25) is 52.7 Å². The molecule has 12 aromatic rings. The van der Waals surface area contributed by atoms with Crippen LogP contribution in [-0.2, 0) is 73.7 Å². The van der Waals surface area contributed by atoms with E-state index in [1.807, 2.05) is 85.7 Å². The Morgan fingerprint density at radius 1 is 0.358 bits per heavy atom. The Balaban J connectivity index is 0.000000171. The highest BCUT2D eigenvalue weighted by molar-refractivity contribution is 7.90. The van der Waals surface area contributed by atoms with Crippen molar-refractivity contribution in [2.75, 3.05) is 52.3 Å². The van der Waals surface area contributed by atoms with Crippen LogP contribution in [0.4, 0.5) is 0 Å². The number of para-hydroxylation sites is 4. The summed E-state index contributed by atoms with van der Waals surface area (Å²) in [5.41, 5.74) is 2.11. The second kappa shape index (κ2) is 50.6. The van der Waals surface area contributed by atoms with E-state index >= 15 is 0 Å². The Morgan fingerprint density at radius 2 is 0.628 bits per heavy atom. The molecule has 0 aliphatic carbocycles. The number of aliphatic hydroxyl groups excluding tert-OH is 1. The minimum Gasteiger partial charge on any atom is -0.451 e. The number of hydrogen-bond donors (Lipinski definition) is 9. The average Bonchev–Trinajstić information content (AvgIpc) is 1.63. The van der Waals surface area contributed by atoms with E-state index in [9.17, 15) is 91.5 Å². The Hall–Kier alpha value is -14.0. The fraction of sp³-hybridized carbons (Fsp3) is 0.394. The molecule has 8 amide bonds. The fourth-order valence-electron chi connectivity index (χ4n) is 16.6. The summed E-state index contributed by atoms with van der Waals surface area (Å²) in [6.45, 7) is 7.64. The lowest BCUT2D eigenvalue weighted by Crippen LogP contribution is -2.54. The van der Waals surface area contributed by atoms with Crippen molar-refractivity contribution in [3.05, 3.63) is 242 Å². The summed E-state index contributed by atoms with van der Waals surface area (Å²) >= 11 is 0. The number of carbonyl (C=O) groups is 11. The van der Waals surface area contributed by atoms with Gasteiger partial charge in [0.25, 0.3) is 63.7 Å². The number of ketones is 3. The topological polar surface area (TPSA) is 558 Å². The molecule has 16 rings (SSSR count). The largest absolute Gasteiger partial charge is 0.451 e. The summed E-state index contributed by atoms with van der Waals surface area (Å²) in [4.78, 5) is 160. The van der Waals surface area contributed by atoms with Crippen LogP contribution in [0.25, 0.3) is 43.9 Å². The van der Waals surface area contributed by atoms with Crippen LogP contribution in [0.1, 0.15) is 183 Å². The van der Waals surface area contributed by atoms with Gasteiger partial charge in [0.05, 0.1) is 58.0 Å². The molecule has 0 bridgehead atoms. The molecular formula is C104H122N16O24S4. The lowest BCUT2D eigenvalue weighted by molar-refractivity contribution is -0.129. The zero-order chi connectivity index (χ0) is 112. The van der Waals surface area contributed by atoms with Crippen LogP contribution in [0.5, 0.6) is 0 Å². The molecule has 44 heteroatoms. The van der Waals surface area contributed by atoms with Gasteiger partial charge in [-0.05, 0) is 198 Å². The first-order valence-corrected chi connectivity index (χ1v) is 54.0. The molecular weight excluding hydrogens is 1990 g/mol. The van der Waals surface area contributed by atoms with Gasteiger partial charge in [-0.2, -0.15) is 17.2 Å². The van der Waals surface area contributed by atoms with Crippen LogP contribution < -0.4 is 42.5 Å². The average molecular weight is 2110 g/mol. The number of nitrogens with one attached hydrogen (secondary N) is 8. The first kappa shape index (κ1) is 103. The van der Waals surface area contributed by atoms with Gasteiger partial charge in [0.2, 0.25) is 23.6 Å². The lowest BCUT2D eigenvalue weighted by atomic mass is 10.0. The Bertz CT molecular complexity index is 7190. The molecule has 0 saturated carbocycles. The maximum absolute atomic E-state index is 13.4. The number of carbonyl (C=O) groups excluding carboxylic acids is 11. The van der Waals surface area contributed by atoms with Crippen molar-refractivity contribution in [1.29, 1.82) is 0 Å². The van der Waals surface area contributed by atoms with Crippen molar-refractivity contribution >= 4 is 149 Å². The number of benzene rings is 4. The minimum atomic E-state index is -4.53. The molecule has 9 atom stereocenters. The van der Waals surface area contributed by atoms with Gasteiger partial charge in [-0.25, -0.2) is 53.6 Å². The van der Waals surface area contributed by atoms with E-state index in [1.165, 1.54) is 89.8 Å². The van der Waals surface area contributed by atoms with E-state index in [4.69, 9.17) is 25.9 Å². The summed E-state index contributed by atoms with van der Waals surface area (Å²) < 4.78 is 181. The summed E-state index contributed by atoms with van der Waals surface area (Å²) in [6.07, 6.45) is 5.71. The predicted molar refractivity (Wildman–Crippen MR) is 545 cm³/mol. The van der Waals surface area contributed by atoms with Crippen molar-refractivity contribution in [3.63, 3.8) is 0 Å². The molecule has 4 aliphatic rings. The van der Waals surface area contributed by atoms with E-state index in [0.29, 0.717) is 73.8 Å². The summed E-state index contributed by atoms with van der Waals surface area (Å²) in [7, 11) is -16.9. The van der Waals surface area contributed by atoms with Crippen molar-refractivity contribution in [3.8, 4) is 0 Å². The molecule has 0 radical (unpaired) electrons. The van der Waals surface area contributed by atoms with Crippen LogP contribution in [0.2, 0.25) is 0 Å². The third-order valence-electron chi connectivity index (χ3n) is 23.9. The molecule has 4 saturated heterocycles. The molecule has 8 aromatic heterocycles. The summed E-state index contributed by atoms with van der Waals surface area (Å²) in [5.74, 6) is -8.24. The van der Waals surface area contributed by atoms with Crippen molar-refractivity contribution in [2.24, 2.45) is 23.7 Å². The number of sulfonamides is 4. The number of aliphatic hydroxyl groups is 1. The number of nitrogens with zero attached hydrogens (tertiary/aromatic N) is 8. The van der Waals surface area contributed by atoms with Gasteiger partial charge < -0.3 is 65.3 Å². The first-order valence-electron chi connectivity index (χ1n) is 51.2. The molecule has 148 heavy (non-hydrogen) atoms. The number of rotatable bonds is 32. The molecule has 4 fully saturated rings. The Labute approximate surface area is 865 Å². The molecule has 786 valence electrons. The quantitative estimate of drug-likeness (QED) is 0.0189. The van der Waals surface area contributed by atoms with Crippen LogP contribution in [0.3, 0.4) is 0 Å². The minimum absolute atomic E-state index is 0.0272. The van der Waals surface area contributed by atoms with Crippen LogP contribution in [-0.4, -0.2) is 247 Å². The summed E-state index contributed by atoms with van der Waals surface area (Å²) in [5, 5.41) is 33.5. The Morgan fingerprint density at radius 3 is 0.939 bits per heavy atom. The number of fused-ring (bicyclic) bond motifs is 4. The predicted octanol–water partition coefficient (Wildman–Crippen LogP) is 9.84. The third-order valence-corrected chi connectivity index (χ3v) is 30.7. The van der Waals surface area contributed by atoms with Crippen molar-refractivity contribution < 1.29 is 117 Å². The second-order valence-electron chi connectivity index (χ2n) is 37.3. The molecule has 12 heterocycles. The Kier molecular flexibility index (Phi) is 35.1. The van der Waals surface area contributed by atoms with Crippen LogP contribution >= 0.6 is 0 Å². The number of Topliss-reactive ketones (excluding diaryl/α,β-unsaturated/α-hetero) is 3. The maximum Gasteiger partial charge on any atom is 0.287 e. The molecule has 3 unspecified atom stereocenters. The highest BCUT2D eigenvalue weighted by atomic mass is 32.2. The number of amides is 8. The van der Waals surface area contributed by atoms with E-state index in [0.717, 1.165) is 15.1 Å². The van der Waals surface area contributed by atoms with E-state index in [-0.39, 0.29) is 128 Å². The van der Waals surface area contributed by atoms with Gasteiger partial charge in [0, 0.05) is 79.1 Å². The summed E-state index contributed by atoms with van der Waals surface area (Å²) in [6, 6.07) is 41.4. The van der Waals surface area contributed by atoms with Gasteiger partial charge in [0.1, 0.15) is 46.5 Å². The fourth-order valence-corrected chi connectivity index (χ4v) is 21.9. The smallest absolute Gasteiger partial charge is 0.287 e. The highest BCUT2D eigenvalue weighted by Crippen LogP contribution is 2.30. The molecule has 0 spiro atoms. The number of furan rings is 4. The number of aromatic nitrogens is 4. The van der Waals surface area contributed by atoms with Gasteiger partial charge in [-0.15, -0.1) is 0 Å². The SMILES string of the molecule is CC(C)C[C@H](NC(=O)c1cc2ccccc2o1)C(=O)NC1CCCN(S(=O)(=O)c2ccccn2)CC1=O.CC(C)C[C@H](NC(=O)c1cc2ccccc2o1)C(=O)NC1CCCN(S(=O)(=O)c2ccccn2)CC1O.[2H]C1([2H])C(=O)[C@@]([2H])(NC(=O)[C@H](CC(C)C)NC(=O)c2cc3ccccc3o2)CCCN1S(=O)(=O)c1ccccn1.[2H]C1([2H])C(=O)[C@]([2H])(NC(=O)[C@H](CC(C)C)NC(=O)c2cc3ccccc3o2)CCCN1S(=O)(=O)c1ccccn1.